The maximum Gasteiger partial charge on any atom is 0.235 e. The van der Waals surface area contributed by atoms with E-state index in [1.165, 1.54) is 0 Å². The van der Waals surface area contributed by atoms with Gasteiger partial charge in [-0.1, -0.05) is 42.2 Å². The molecule has 0 aromatic heterocycles. The zero-order valence-corrected chi connectivity index (χ0v) is 14.1. The lowest BCUT2D eigenvalue weighted by Gasteiger charge is -2.22. The Morgan fingerprint density at radius 3 is 1.88 bits per heavy atom. The fourth-order valence-corrected chi connectivity index (χ4v) is 2.07. The van der Waals surface area contributed by atoms with E-state index < -0.39 is 0 Å². The van der Waals surface area contributed by atoms with Gasteiger partial charge in [0.05, 0.1) is 25.2 Å². The molecule has 1 aromatic rings. The zero-order valence-electron chi connectivity index (χ0n) is 14.1. The molecule has 1 rings (SSSR count). The summed E-state index contributed by atoms with van der Waals surface area (Å²) in [4.78, 5) is 25.9. The normalized spacial score (nSPS) is 12.5. The van der Waals surface area contributed by atoms with Gasteiger partial charge in [0, 0.05) is 6.54 Å². The second kappa shape index (κ2) is 10.1. The molecule has 0 fully saturated rings. The molecule has 0 saturated carbocycles. The molecule has 0 spiro atoms. The van der Waals surface area contributed by atoms with E-state index in [9.17, 15) is 9.59 Å². The number of carbonyl (C=O) groups is 2. The van der Waals surface area contributed by atoms with Crippen LogP contribution in [0.5, 0.6) is 0 Å². The standard InChI is InChI=1S/C19H23N3O2/c1-5-15(3)20-18(23)13-22(12-17-10-8-7-9-11-17)14-19(24)21-16(4)6-2/h1-2,7-11,15-16H,12-14H2,3-4H3,(H,20,23)(H,21,24)/t15-,16+. The number of nitrogens with one attached hydrogen (secondary N) is 2. The van der Waals surface area contributed by atoms with Crippen LogP contribution in [0.2, 0.25) is 0 Å². The number of carbonyl (C=O) groups excluding carboxylic acids is 2. The molecule has 0 aliphatic carbocycles. The second-order valence-corrected chi connectivity index (χ2v) is 5.54. The summed E-state index contributed by atoms with van der Waals surface area (Å²) in [6.07, 6.45) is 10.5. The number of terminal acetylenes is 2. The summed E-state index contributed by atoms with van der Waals surface area (Å²) < 4.78 is 0. The van der Waals surface area contributed by atoms with Crippen molar-refractivity contribution in [1.82, 2.24) is 15.5 Å². The largest absolute Gasteiger partial charge is 0.342 e. The highest BCUT2D eigenvalue weighted by Gasteiger charge is 2.16. The fourth-order valence-electron chi connectivity index (χ4n) is 2.07. The molecule has 0 radical (unpaired) electrons. The number of nitrogens with zero attached hydrogens (tertiary/aromatic N) is 1. The van der Waals surface area contributed by atoms with E-state index in [2.05, 4.69) is 22.5 Å². The minimum absolute atomic E-state index is 0.0682. The van der Waals surface area contributed by atoms with Gasteiger partial charge in [0.25, 0.3) is 0 Å². The summed E-state index contributed by atoms with van der Waals surface area (Å²) in [5, 5.41) is 5.38. The second-order valence-electron chi connectivity index (χ2n) is 5.54. The molecule has 0 aliphatic rings. The summed E-state index contributed by atoms with van der Waals surface area (Å²) in [6.45, 7) is 4.05. The Morgan fingerprint density at radius 2 is 1.46 bits per heavy atom. The lowest BCUT2D eigenvalue weighted by atomic mass is 10.2. The van der Waals surface area contributed by atoms with Gasteiger partial charge in [0.15, 0.2) is 0 Å². The van der Waals surface area contributed by atoms with Crippen LogP contribution < -0.4 is 10.6 Å². The average Bonchev–Trinajstić information content (AvgIpc) is 2.55. The SMILES string of the molecule is C#C[C@@H](C)NC(=O)CN(CC(=O)N[C@@H](C)C#C)Cc1ccccc1. The van der Waals surface area contributed by atoms with Crippen molar-refractivity contribution in [3.8, 4) is 24.7 Å². The van der Waals surface area contributed by atoms with Crippen LogP contribution in [-0.4, -0.2) is 41.9 Å². The average molecular weight is 325 g/mol. The van der Waals surface area contributed by atoms with Gasteiger partial charge in [-0.3, -0.25) is 14.5 Å². The molecule has 2 amide bonds. The highest BCUT2D eigenvalue weighted by molar-refractivity contribution is 5.81. The Balaban J connectivity index is 2.72. The van der Waals surface area contributed by atoms with Gasteiger partial charge in [-0.2, -0.15) is 0 Å². The van der Waals surface area contributed by atoms with E-state index in [1.807, 2.05) is 30.3 Å². The number of hydrogen-bond acceptors (Lipinski definition) is 3. The lowest BCUT2D eigenvalue weighted by molar-refractivity contribution is -0.125. The van der Waals surface area contributed by atoms with Gasteiger partial charge in [0.1, 0.15) is 0 Å². The topological polar surface area (TPSA) is 61.4 Å². The van der Waals surface area contributed by atoms with Gasteiger partial charge >= 0.3 is 0 Å². The third kappa shape index (κ3) is 7.49. The molecular weight excluding hydrogens is 302 g/mol. The molecule has 126 valence electrons. The molecule has 0 bridgehead atoms. The predicted octanol–water partition coefficient (Wildman–Crippen LogP) is 0.764. The van der Waals surface area contributed by atoms with Crippen LogP contribution in [0.25, 0.3) is 0 Å². The highest BCUT2D eigenvalue weighted by atomic mass is 16.2. The van der Waals surface area contributed by atoms with Crippen LogP contribution in [0.1, 0.15) is 19.4 Å². The van der Waals surface area contributed by atoms with Crippen LogP contribution in [0.4, 0.5) is 0 Å². The Kier molecular flexibility index (Phi) is 8.11. The number of rotatable bonds is 8. The predicted molar refractivity (Wildman–Crippen MR) is 94.6 cm³/mol. The first-order valence-corrected chi connectivity index (χ1v) is 7.72. The van der Waals surface area contributed by atoms with Crippen molar-refractivity contribution < 1.29 is 9.59 Å². The maximum atomic E-state index is 12.1. The third-order valence-electron chi connectivity index (χ3n) is 3.24. The lowest BCUT2D eigenvalue weighted by Crippen LogP contribution is -2.45. The van der Waals surface area contributed by atoms with E-state index in [1.54, 1.807) is 18.7 Å². The van der Waals surface area contributed by atoms with Crippen molar-refractivity contribution in [2.24, 2.45) is 0 Å². The molecule has 5 nitrogen and oxygen atoms in total. The summed E-state index contributed by atoms with van der Waals surface area (Å²) >= 11 is 0. The molecule has 0 aliphatic heterocycles. The van der Waals surface area contributed by atoms with Gasteiger partial charge in [-0.05, 0) is 19.4 Å². The molecule has 1 aromatic carbocycles. The van der Waals surface area contributed by atoms with E-state index in [-0.39, 0.29) is 37.0 Å². The van der Waals surface area contributed by atoms with Crippen molar-refractivity contribution in [3.05, 3.63) is 35.9 Å². The zero-order chi connectivity index (χ0) is 17.9. The van der Waals surface area contributed by atoms with Crippen LogP contribution in [-0.2, 0) is 16.1 Å². The third-order valence-corrected chi connectivity index (χ3v) is 3.24. The highest BCUT2D eigenvalue weighted by Crippen LogP contribution is 2.04. The molecule has 2 N–H and O–H groups in total. The van der Waals surface area contributed by atoms with Gasteiger partial charge in [0.2, 0.25) is 11.8 Å². The number of benzene rings is 1. The van der Waals surface area contributed by atoms with E-state index in [0.717, 1.165) is 5.56 Å². The number of hydrogen-bond donors (Lipinski definition) is 2. The Labute approximate surface area is 143 Å². The molecule has 24 heavy (non-hydrogen) atoms. The molecular formula is C19H23N3O2. The van der Waals surface area contributed by atoms with Gasteiger partial charge < -0.3 is 10.6 Å². The first kappa shape index (κ1) is 19.3. The summed E-state index contributed by atoms with van der Waals surface area (Å²) in [5.41, 5.74) is 1.01. The Bertz CT molecular complexity index is 592. The summed E-state index contributed by atoms with van der Waals surface area (Å²) in [5.74, 6) is 4.43. The first-order chi connectivity index (χ1) is 11.4. The maximum absolute atomic E-state index is 12.1. The van der Waals surface area contributed by atoms with Crippen molar-refractivity contribution in [2.45, 2.75) is 32.5 Å². The van der Waals surface area contributed by atoms with Crippen LogP contribution in [0.3, 0.4) is 0 Å². The first-order valence-electron chi connectivity index (χ1n) is 7.72. The van der Waals surface area contributed by atoms with Crippen molar-refractivity contribution in [1.29, 1.82) is 0 Å². The van der Waals surface area contributed by atoms with Crippen molar-refractivity contribution in [2.75, 3.05) is 13.1 Å². The van der Waals surface area contributed by atoms with Gasteiger partial charge in [-0.25, -0.2) is 0 Å². The van der Waals surface area contributed by atoms with Crippen LogP contribution in [0, 0.1) is 24.7 Å². The Morgan fingerprint density at radius 1 is 1.00 bits per heavy atom. The summed E-state index contributed by atoms with van der Waals surface area (Å²) in [7, 11) is 0. The molecule has 2 atom stereocenters. The van der Waals surface area contributed by atoms with E-state index >= 15 is 0 Å². The van der Waals surface area contributed by atoms with Gasteiger partial charge in [-0.15, -0.1) is 12.8 Å². The number of amides is 2. The summed E-state index contributed by atoms with van der Waals surface area (Å²) in [6, 6.07) is 8.91. The van der Waals surface area contributed by atoms with Crippen LogP contribution >= 0.6 is 0 Å². The minimum atomic E-state index is -0.355. The van der Waals surface area contributed by atoms with Crippen molar-refractivity contribution >= 4 is 11.8 Å². The monoisotopic (exact) mass is 325 g/mol. The quantitative estimate of drug-likeness (QED) is 0.694. The molecule has 0 heterocycles. The van der Waals surface area contributed by atoms with E-state index in [0.29, 0.717) is 6.54 Å². The van der Waals surface area contributed by atoms with E-state index in [4.69, 9.17) is 12.8 Å². The fraction of sp³-hybridized carbons (Fsp3) is 0.368. The Hall–Kier alpha value is -2.76. The molecule has 0 unspecified atom stereocenters. The molecule has 5 heteroatoms. The molecule has 0 saturated heterocycles. The van der Waals surface area contributed by atoms with Crippen molar-refractivity contribution in [3.63, 3.8) is 0 Å². The minimum Gasteiger partial charge on any atom is -0.342 e. The smallest absolute Gasteiger partial charge is 0.235 e. The van der Waals surface area contributed by atoms with Crippen LogP contribution in [0.15, 0.2) is 30.3 Å².